The van der Waals surface area contributed by atoms with Crippen LogP contribution in [-0.4, -0.2) is 4.98 Å². The SMILES string of the molecule is c1ccc2c(c1)oc1cc(-c3cc4ccsc4c4c3ccc3c5cccnc5sc34)ccc12. The van der Waals surface area contributed by atoms with Crippen LogP contribution in [0.25, 0.3) is 74.2 Å². The maximum atomic E-state index is 6.21. The maximum absolute atomic E-state index is 6.21. The van der Waals surface area contributed by atoms with Crippen LogP contribution in [0.3, 0.4) is 0 Å². The minimum absolute atomic E-state index is 0.930. The average Bonchev–Trinajstić information content (AvgIpc) is 3.57. The molecule has 8 rings (SSSR count). The van der Waals surface area contributed by atoms with E-state index in [0.717, 1.165) is 26.8 Å². The zero-order valence-electron chi connectivity index (χ0n) is 17.3. The molecule has 4 aromatic carbocycles. The average molecular weight is 458 g/mol. The molecule has 0 N–H and O–H groups in total. The summed E-state index contributed by atoms with van der Waals surface area (Å²) in [5.41, 5.74) is 4.28. The molecule has 33 heavy (non-hydrogen) atoms. The third kappa shape index (κ3) is 2.39. The van der Waals surface area contributed by atoms with Gasteiger partial charge in [-0.25, -0.2) is 4.98 Å². The second-order valence-electron chi connectivity index (χ2n) is 8.40. The van der Waals surface area contributed by atoms with Crippen LogP contribution in [-0.2, 0) is 0 Å². The van der Waals surface area contributed by atoms with Crippen molar-refractivity contribution in [3.05, 3.63) is 90.4 Å². The fourth-order valence-corrected chi connectivity index (χ4v) is 7.33. The summed E-state index contributed by atoms with van der Waals surface area (Å²) < 4.78 is 8.87. The largest absolute Gasteiger partial charge is 0.456 e. The first-order chi connectivity index (χ1) is 16.3. The highest BCUT2D eigenvalue weighted by Gasteiger charge is 2.17. The van der Waals surface area contributed by atoms with Crippen molar-refractivity contribution in [2.75, 3.05) is 0 Å². The monoisotopic (exact) mass is 457 g/mol. The standard InChI is InChI=1S/C29H15NOS2/c1-2-6-24-18(4-1)19-8-7-16(15-25(19)31-24)23-14-17-11-13-32-27(17)26-20(23)9-10-21-22-5-3-12-30-29(22)33-28(21)26/h1-15H. The first kappa shape index (κ1) is 17.8. The molecule has 0 aliphatic rings. The lowest BCUT2D eigenvalue weighted by Gasteiger charge is -2.10. The fraction of sp³-hybridized carbons (Fsp3) is 0. The Morgan fingerprint density at radius 1 is 0.667 bits per heavy atom. The van der Waals surface area contributed by atoms with Crippen LogP contribution in [0, 0.1) is 0 Å². The number of hydrogen-bond donors (Lipinski definition) is 0. The van der Waals surface area contributed by atoms with Gasteiger partial charge in [-0.3, -0.25) is 0 Å². The lowest BCUT2D eigenvalue weighted by Crippen LogP contribution is -1.83. The number of furan rings is 1. The predicted octanol–water partition coefficient (Wildman–Crippen LogP) is 9.38. The summed E-state index contributed by atoms with van der Waals surface area (Å²) in [4.78, 5) is 5.73. The molecule has 0 saturated heterocycles. The van der Waals surface area contributed by atoms with Crippen molar-refractivity contribution in [3.63, 3.8) is 0 Å². The van der Waals surface area contributed by atoms with E-state index in [9.17, 15) is 0 Å². The molecule has 0 fully saturated rings. The van der Waals surface area contributed by atoms with E-state index in [0.29, 0.717) is 0 Å². The van der Waals surface area contributed by atoms with Crippen molar-refractivity contribution < 1.29 is 4.42 Å². The topological polar surface area (TPSA) is 26.0 Å². The van der Waals surface area contributed by atoms with E-state index in [2.05, 4.69) is 71.0 Å². The molecule has 2 nitrogen and oxygen atoms in total. The van der Waals surface area contributed by atoms with Gasteiger partial charge in [-0.2, -0.15) is 0 Å². The van der Waals surface area contributed by atoms with Crippen molar-refractivity contribution in [1.82, 2.24) is 4.98 Å². The number of para-hydroxylation sites is 1. The van der Waals surface area contributed by atoms with E-state index in [1.165, 1.54) is 47.5 Å². The van der Waals surface area contributed by atoms with Crippen LogP contribution < -0.4 is 0 Å². The summed E-state index contributed by atoms with van der Waals surface area (Å²) in [6.45, 7) is 0. The Kier molecular flexibility index (Phi) is 3.45. The van der Waals surface area contributed by atoms with E-state index in [1.807, 2.05) is 35.7 Å². The van der Waals surface area contributed by atoms with Gasteiger partial charge < -0.3 is 4.42 Å². The van der Waals surface area contributed by atoms with Crippen LogP contribution in [0.4, 0.5) is 0 Å². The highest BCUT2D eigenvalue weighted by molar-refractivity contribution is 7.27. The minimum Gasteiger partial charge on any atom is -0.456 e. The number of hydrogen-bond acceptors (Lipinski definition) is 4. The van der Waals surface area contributed by atoms with Crippen molar-refractivity contribution in [2.45, 2.75) is 0 Å². The predicted molar refractivity (Wildman–Crippen MR) is 143 cm³/mol. The second-order valence-corrected chi connectivity index (χ2v) is 10.3. The van der Waals surface area contributed by atoms with Gasteiger partial charge in [0.15, 0.2) is 0 Å². The summed E-state index contributed by atoms with van der Waals surface area (Å²) in [6, 6.07) is 28.2. The van der Waals surface area contributed by atoms with Crippen molar-refractivity contribution in [1.29, 1.82) is 0 Å². The molecule has 0 atom stereocenters. The van der Waals surface area contributed by atoms with Gasteiger partial charge in [0.2, 0.25) is 0 Å². The molecule has 0 bridgehead atoms. The molecule has 0 radical (unpaired) electrons. The summed E-state index contributed by atoms with van der Waals surface area (Å²) in [5.74, 6) is 0. The van der Waals surface area contributed by atoms with E-state index < -0.39 is 0 Å². The van der Waals surface area contributed by atoms with Crippen molar-refractivity contribution in [2.24, 2.45) is 0 Å². The third-order valence-electron chi connectivity index (χ3n) is 6.62. The first-order valence-corrected chi connectivity index (χ1v) is 12.6. The zero-order chi connectivity index (χ0) is 21.5. The lowest BCUT2D eigenvalue weighted by atomic mass is 9.95. The Labute approximate surface area is 196 Å². The highest BCUT2D eigenvalue weighted by Crippen LogP contribution is 2.45. The van der Waals surface area contributed by atoms with Crippen LogP contribution in [0.2, 0.25) is 0 Å². The zero-order valence-corrected chi connectivity index (χ0v) is 19.0. The number of pyridine rings is 1. The van der Waals surface area contributed by atoms with Crippen LogP contribution in [0.5, 0.6) is 0 Å². The molecule has 8 aromatic rings. The van der Waals surface area contributed by atoms with Gasteiger partial charge in [0, 0.05) is 42.5 Å². The van der Waals surface area contributed by atoms with Crippen LogP contribution >= 0.6 is 22.7 Å². The quantitative estimate of drug-likeness (QED) is 0.245. The number of thiophene rings is 2. The molecular formula is C29H15NOS2. The molecule has 0 aliphatic carbocycles. The van der Waals surface area contributed by atoms with Gasteiger partial charge in [0.05, 0.1) is 0 Å². The van der Waals surface area contributed by atoms with E-state index >= 15 is 0 Å². The number of nitrogens with zero attached hydrogens (tertiary/aromatic N) is 1. The van der Waals surface area contributed by atoms with Gasteiger partial charge in [-0.15, -0.1) is 22.7 Å². The molecular weight excluding hydrogens is 442 g/mol. The molecule has 4 aromatic heterocycles. The Morgan fingerprint density at radius 3 is 2.52 bits per heavy atom. The number of aromatic nitrogens is 1. The molecule has 0 spiro atoms. The highest BCUT2D eigenvalue weighted by atomic mass is 32.1. The number of benzene rings is 4. The minimum atomic E-state index is 0.930. The summed E-state index contributed by atoms with van der Waals surface area (Å²) in [6.07, 6.45) is 1.88. The normalized spacial score (nSPS) is 12.2. The number of fused-ring (bicyclic) bond motifs is 10. The molecule has 4 heterocycles. The molecule has 0 saturated carbocycles. The fourth-order valence-electron chi connectivity index (χ4n) is 5.13. The summed E-state index contributed by atoms with van der Waals surface area (Å²) >= 11 is 3.61. The van der Waals surface area contributed by atoms with E-state index in [1.54, 1.807) is 11.3 Å². The number of rotatable bonds is 1. The Balaban J connectivity index is 1.50. The lowest BCUT2D eigenvalue weighted by molar-refractivity contribution is 0.669. The molecule has 0 unspecified atom stereocenters. The molecule has 0 aliphatic heterocycles. The van der Waals surface area contributed by atoms with Gasteiger partial charge in [-0.05, 0) is 69.7 Å². The Bertz CT molecular complexity index is 2040. The summed E-state index contributed by atoms with van der Waals surface area (Å²) in [5, 5.41) is 10.9. The Hall–Kier alpha value is -3.73. The molecule has 4 heteroatoms. The van der Waals surface area contributed by atoms with E-state index in [4.69, 9.17) is 4.42 Å². The van der Waals surface area contributed by atoms with Gasteiger partial charge >= 0.3 is 0 Å². The van der Waals surface area contributed by atoms with Crippen LogP contribution in [0.15, 0.2) is 94.9 Å². The second kappa shape index (κ2) is 6.41. The summed E-state index contributed by atoms with van der Waals surface area (Å²) in [7, 11) is 0. The van der Waals surface area contributed by atoms with Gasteiger partial charge in [0.1, 0.15) is 16.0 Å². The van der Waals surface area contributed by atoms with Gasteiger partial charge in [-0.1, -0.05) is 36.4 Å². The maximum Gasteiger partial charge on any atom is 0.136 e. The van der Waals surface area contributed by atoms with Gasteiger partial charge in [0.25, 0.3) is 0 Å². The van der Waals surface area contributed by atoms with Crippen molar-refractivity contribution >= 4 is 85.8 Å². The third-order valence-corrected chi connectivity index (χ3v) is 8.71. The Morgan fingerprint density at radius 2 is 1.52 bits per heavy atom. The van der Waals surface area contributed by atoms with E-state index in [-0.39, 0.29) is 0 Å². The van der Waals surface area contributed by atoms with Crippen molar-refractivity contribution in [3.8, 4) is 11.1 Å². The smallest absolute Gasteiger partial charge is 0.136 e. The first-order valence-electron chi connectivity index (χ1n) is 10.9. The van der Waals surface area contributed by atoms with Crippen LogP contribution in [0.1, 0.15) is 0 Å². The molecule has 154 valence electrons. The molecule has 0 amide bonds.